The van der Waals surface area contributed by atoms with E-state index in [1.165, 1.54) is 0 Å². The SMILES string of the molecule is Cc1nc2cccc(-c3cc4c([nH]3)CCNC4=O)c2nc1NC1CC(N(CCF)CCF)C1. The van der Waals surface area contributed by atoms with E-state index in [9.17, 15) is 13.6 Å². The van der Waals surface area contributed by atoms with Crippen LogP contribution in [0, 0.1) is 6.92 Å². The molecule has 9 heteroatoms. The van der Waals surface area contributed by atoms with Gasteiger partial charge < -0.3 is 15.6 Å². The first kappa shape index (κ1) is 21.8. The number of aromatic amines is 1. The van der Waals surface area contributed by atoms with E-state index in [-0.39, 0.29) is 31.1 Å². The molecule has 2 aliphatic rings. The molecule has 3 aromatic rings. The van der Waals surface area contributed by atoms with Crippen molar-refractivity contribution in [2.24, 2.45) is 0 Å². The van der Waals surface area contributed by atoms with E-state index in [2.05, 4.69) is 15.6 Å². The predicted octanol–water partition coefficient (Wildman–Crippen LogP) is 3.40. The van der Waals surface area contributed by atoms with Gasteiger partial charge in [-0.25, -0.2) is 18.7 Å². The van der Waals surface area contributed by atoms with Crippen LogP contribution in [0.25, 0.3) is 22.3 Å². The molecular formula is C24H28F2N6O. The molecule has 0 atom stereocenters. The zero-order valence-corrected chi connectivity index (χ0v) is 18.6. The fourth-order valence-electron chi connectivity index (χ4n) is 4.85. The number of hydrogen-bond donors (Lipinski definition) is 3. The fraction of sp³-hybridized carbons (Fsp3) is 0.458. The Hall–Kier alpha value is -3.07. The van der Waals surface area contributed by atoms with Crippen LogP contribution in [0.1, 0.15) is 34.6 Å². The van der Waals surface area contributed by atoms with Crippen molar-refractivity contribution < 1.29 is 13.6 Å². The zero-order valence-electron chi connectivity index (χ0n) is 18.6. The second-order valence-corrected chi connectivity index (χ2v) is 8.79. The van der Waals surface area contributed by atoms with E-state index < -0.39 is 13.3 Å². The van der Waals surface area contributed by atoms with Crippen LogP contribution in [0.2, 0.25) is 0 Å². The Morgan fingerprint density at radius 3 is 2.67 bits per heavy atom. The number of fused-ring (bicyclic) bond motifs is 2. The largest absolute Gasteiger partial charge is 0.366 e. The number of hydrogen-bond acceptors (Lipinski definition) is 5. The molecule has 1 amide bonds. The second-order valence-electron chi connectivity index (χ2n) is 8.79. The van der Waals surface area contributed by atoms with Crippen molar-refractivity contribution in [1.82, 2.24) is 25.2 Å². The third kappa shape index (κ3) is 4.17. The van der Waals surface area contributed by atoms with E-state index in [1.807, 2.05) is 36.1 Å². The van der Waals surface area contributed by atoms with Gasteiger partial charge in [-0.2, -0.15) is 0 Å². The van der Waals surface area contributed by atoms with Gasteiger partial charge in [0.1, 0.15) is 24.7 Å². The van der Waals surface area contributed by atoms with Crippen LogP contribution in [0.5, 0.6) is 0 Å². The van der Waals surface area contributed by atoms with Gasteiger partial charge in [-0.3, -0.25) is 9.69 Å². The van der Waals surface area contributed by atoms with Gasteiger partial charge in [0.25, 0.3) is 5.91 Å². The standard InChI is InChI=1S/C24H28F2N6O/c1-14-23(29-15-11-16(12-15)32(9-6-25)10-7-26)31-22-17(3-2-4-20(22)28-14)21-13-18-19(30-21)5-8-27-24(18)33/h2-4,13,15-16,30H,5-12H2,1H3,(H,27,33)(H,29,31). The normalized spacial score (nSPS) is 19.9. The molecule has 0 spiro atoms. The molecule has 33 heavy (non-hydrogen) atoms. The summed E-state index contributed by atoms with van der Waals surface area (Å²) in [5, 5.41) is 6.36. The third-order valence-electron chi connectivity index (χ3n) is 6.68. The lowest BCUT2D eigenvalue weighted by Gasteiger charge is -2.43. The van der Waals surface area contributed by atoms with E-state index in [4.69, 9.17) is 9.97 Å². The lowest BCUT2D eigenvalue weighted by atomic mass is 9.85. The van der Waals surface area contributed by atoms with Crippen LogP contribution in [0.15, 0.2) is 24.3 Å². The Bertz CT molecular complexity index is 1170. The Kier molecular flexibility index (Phi) is 5.97. The van der Waals surface area contributed by atoms with E-state index >= 15 is 0 Å². The molecule has 1 fully saturated rings. The topological polar surface area (TPSA) is 85.9 Å². The van der Waals surface area contributed by atoms with Crippen LogP contribution >= 0.6 is 0 Å². The molecule has 5 rings (SSSR count). The average molecular weight is 455 g/mol. The number of para-hydroxylation sites is 1. The highest BCUT2D eigenvalue weighted by molar-refractivity contribution is 5.99. The zero-order chi connectivity index (χ0) is 22.9. The Labute approximate surface area is 191 Å². The van der Waals surface area contributed by atoms with Gasteiger partial charge in [0.2, 0.25) is 0 Å². The number of H-pyrrole nitrogens is 1. The number of nitrogens with one attached hydrogen (secondary N) is 3. The van der Waals surface area contributed by atoms with Crippen molar-refractivity contribution in [2.45, 2.75) is 38.3 Å². The Morgan fingerprint density at radius 2 is 1.94 bits per heavy atom. The maximum absolute atomic E-state index is 12.8. The quantitative estimate of drug-likeness (QED) is 0.486. The molecule has 2 aromatic heterocycles. The van der Waals surface area contributed by atoms with Crippen LogP contribution in [-0.2, 0) is 6.42 Å². The monoisotopic (exact) mass is 454 g/mol. The maximum atomic E-state index is 12.8. The summed E-state index contributed by atoms with van der Waals surface area (Å²) < 4.78 is 25.6. The number of carbonyl (C=O) groups excluding carboxylic acids is 1. The lowest BCUT2D eigenvalue weighted by molar-refractivity contribution is 0.0946. The van der Waals surface area contributed by atoms with E-state index in [0.29, 0.717) is 12.1 Å². The first-order chi connectivity index (χ1) is 16.1. The highest BCUT2D eigenvalue weighted by Gasteiger charge is 2.34. The van der Waals surface area contributed by atoms with Gasteiger partial charge in [0, 0.05) is 55.1 Å². The number of aryl methyl sites for hydroxylation is 1. The molecule has 7 nitrogen and oxygen atoms in total. The van der Waals surface area contributed by atoms with Crippen molar-refractivity contribution in [1.29, 1.82) is 0 Å². The van der Waals surface area contributed by atoms with E-state index in [1.54, 1.807) is 0 Å². The smallest absolute Gasteiger partial charge is 0.253 e. The Morgan fingerprint density at radius 1 is 1.15 bits per heavy atom. The number of alkyl halides is 2. The van der Waals surface area contributed by atoms with Gasteiger partial charge >= 0.3 is 0 Å². The molecule has 1 aromatic carbocycles. The average Bonchev–Trinajstić information content (AvgIpc) is 3.21. The molecule has 1 aliphatic carbocycles. The maximum Gasteiger partial charge on any atom is 0.253 e. The minimum absolute atomic E-state index is 0.0580. The summed E-state index contributed by atoms with van der Waals surface area (Å²) in [6.07, 6.45) is 2.41. The van der Waals surface area contributed by atoms with Crippen LogP contribution < -0.4 is 10.6 Å². The number of halogens is 2. The van der Waals surface area contributed by atoms with Crippen molar-refractivity contribution in [3.8, 4) is 11.3 Å². The molecule has 0 saturated heterocycles. The van der Waals surface area contributed by atoms with Crippen molar-refractivity contribution in [3.05, 3.63) is 41.2 Å². The Balaban J connectivity index is 1.39. The minimum Gasteiger partial charge on any atom is -0.366 e. The molecule has 3 N–H and O–H groups in total. The first-order valence-electron chi connectivity index (χ1n) is 11.5. The second kappa shape index (κ2) is 9.05. The van der Waals surface area contributed by atoms with Crippen LogP contribution in [0.3, 0.4) is 0 Å². The molecule has 1 aliphatic heterocycles. The summed E-state index contributed by atoms with van der Waals surface area (Å²) in [5.74, 6) is 0.660. The van der Waals surface area contributed by atoms with Gasteiger partial charge in [0.15, 0.2) is 0 Å². The molecule has 174 valence electrons. The molecule has 0 radical (unpaired) electrons. The number of amides is 1. The van der Waals surface area contributed by atoms with Gasteiger partial charge in [-0.05, 0) is 31.9 Å². The number of anilines is 1. The van der Waals surface area contributed by atoms with Gasteiger partial charge in [0.05, 0.1) is 16.8 Å². The number of nitrogens with zero attached hydrogens (tertiary/aromatic N) is 3. The summed E-state index contributed by atoms with van der Waals surface area (Å²) in [7, 11) is 0. The summed E-state index contributed by atoms with van der Waals surface area (Å²) in [4.78, 5) is 27.1. The number of rotatable bonds is 8. The molecule has 3 heterocycles. The molecule has 1 saturated carbocycles. The molecular weight excluding hydrogens is 426 g/mol. The van der Waals surface area contributed by atoms with Crippen LogP contribution in [0.4, 0.5) is 14.6 Å². The van der Waals surface area contributed by atoms with Gasteiger partial charge in [-0.1, -0.05) is 12.1 Å². The molecule has 0 bridgehead atoms. The first-order valence-corrected chi connectivity index (χ1v) is 11.5. The summed E-state index contributed by atoms with van der Waals surface area (Å²) in [5.41, 5.74) is 5.72. The highest BCUT2D eigenvalue weighted by atomic mass is 19.1. The van der Waals surface area contributed by atoms with E-state index in [0.717, 1.165) is 58.8 Å². The minimum atomic E-state index is -0.462. The summed E-state index contributed by atoms with van der Waals surface area (Å²) >= 11 is 0. The number of aromatic nitrogens is 3. The third-order valence-corrected chi connectivity index (χ3v) is 6.68. The highest BCUT2D eigenvalue weighted by Crippen LogP contribution is 2.32. The summed E-state index contributed by atoms with van der Waals surface area (Å²) in [6, 6.07) is 8.12. The van der Waals surface area contributed by atoms with Crippen molar-refractivity contribution in [3.63, 3.8) is 0 Å². The number of benzene rings is 1. The fourth-order valence-corrected chi connectivity index (χ4v) is 4.85. The van der Waals surface area contributed by atoms with Gasteiger partial charge in [-0.15, -0.1) is 0 Å². The summed E-state index contributed by atoms with van der Waals surface area (Å²) in [6.45, 7) is 2.18. The predicted molar refractivity (Wildman–Crippen MR) is 124 cm³/mol. The van der Waals surface area contributed by atoms with Crippen molar-refractivity contribution in [2.75, 3.05) is 38.3 Å². The van der Waals surface area contributed by atoms with Crippen molar-refractivity contribution >= 4 is 22.8 Å². The number of carbonyl (C=O) groups is 1. The van der Waals surface area contributed by atoms with Crippen LogP contribution in [-0.4, -0.2) is 70.8 Å². The lowest BCUT2D eigenvalue weighted by Crippen LogP contribution is -2.51. The molecule has 0 unspecified atom stereocenters.